The van der Waals surface area contributed by atoms with Crippen LogP contribution in [0.25, 0.3) is 0 Å². The fraction of sp³-hybridized carbons (Fsp3) is 0.435. The Kier molecular flexibility index (Phi) is 6.98. The third kappa shape index (κ3) is 4.95. The van der Waals surface area contributed by atoms with Gasteiger partial charge in [0.15, 0.2) is 0 Å². The van der Waals surface area contributed by atoms with E-state index in [-0.39, 0.29) is 0 Å². The molecule has 0 amide bonds. The molecular formula is C23H31NO2. The number of ether oxygens (including phenoxy) is 1. The number of aryl methyl sites for hydroxylation is 2. The van der Waals surface area contributed by atoms with Crippen molar-refractivity contribution in [3.05, 3.63) is 64.2 Å². The fourth-order valence-electron chi connectivity index (χ4n) is 3.35. The number of para-hydroxylation sites is 1. The van der Waals surface area contributed by atoms with Gasteiger partial charge < -0.3 is 4.74 Å². The van der Waals surface area contributed by atoms with Gasteiger partial charge in [0.25, 0.3) is 0 Å². The van der Waals surface area contributed by atoms with Gasteiger partial charge in [0, 0.05) is 29.8 Å². The van der Waals surface area contributed by atoms with Crippen molar-refractivity contribution >= 4 is 6.29 Å². The Morgan fingerprint density at radius 3 is 2.15 bits per heavy atom. The Balaban J connectivity index is 2.23. The summed E-state index contributed by atoms with van der Waals surface area (Å²) >= 11 is 0. The van der Waals surface area contributed by atoms with Crippen LogP contribution in [0.5, 0.6) is 5.75 Å². The Hall–Kier alpha value is -2.13. The zero-order valence-corrected chi connectivity index (χ0v) is 16.9. The molecule has 0 saturated carbocycles. The van der Waals surface area contributed by atoms with E-state index >= 15 is 0 Å². The van der Waals surface area contributed by atoms with Gasteiger partial charge in [-0.15, -0.1) is 0 Å². The van der Waals surface area contributed by atoms with Gasteiger partial charge in [-0.3, -0.25) is 9.69 Å². The molecule has 0 atom stereocenters. The molecule has 0 heterocycles. The van der Waals surface area contributed by atoms with E-state index in [2.05, 4.69) is 38.7 Å². The SMILES string of the molecule is Cc1cccc(C)c1OCc1cc(CN(C(C)C)C(C)C)ccc1C=O. The van der Waals surface area contributed by atoms with Gasteiger partial charge in [0.2, 0.25) is 0 Å². The van der Waals surface area contributed by atoms with E-state index in [0.29, 0.717) is 24.3 Å². The molecule has 2 aromatic rings. The molecule has 2 aromatic carbocycles. The number of carbonyl (C=O) groups excluding carboxylic acids is 1. The Morgan fingerprint density at radius 1 is 1.00 bits per heavy atom. The molecule has 0 aliphatic rings. The summed E-state index contributed by atoms with van der Waals surface area (Å²) < 4.78 is 6.08. The first-order valence-electron chi connectivity index (χ1n) is 9.35. The maximum Gasteiger partial charge on any atom is 0.150 e. The molecule has 140 valence electrons. The number of benzene rings is 2. The van der Waals surface area contributed by atoms with Gasteiger partial charge in [-0.1, -0.05) is 36.4 Å². The van der Waals surface area contributed by atoms with E-state index < -0.39 is 0 Å². The number of carbonyl (C=O) groups is 1. The second-order valence-electron chi connectivity index (χ2n) is 7.52. The minimum atomic E-state index is 0.400. The van der Waals surface area contributed by atoms with Crippen LogP contribution >= 0.6 is 0 Å². The summed E-state index contributed by atoms with van der Waals surface area (Å²) in [5.41, 5.74) is 5.06. The van der Waals surface area contributed by atoms with Crippen molar-refractivity contribution in [3.63, 3.8) is 0 Å². The van der Waals surface area contributed by atoms with E-state index in [9.17, 15) is 4.79 Å². The molecule has 0 aliphatic heterocycles. The normalized spacial score (nSPS) is 11.4. The molecule has 0 bridgehead atoms. The molecule has 2 rings (SSSR count). The second kappa shape index (κ2) is 9.00. The Bertz CT molecular complexity index is 722. The summed E-state index contributed by atoms with van der Waals surface area (Å²) in [5, 5.41) is 0. The van der Waals surface area contributed by atoms with Crippen molar-refractivity contribution in [3.8, 4) is 5.75 Å². The zero-order chi connectivity index (χ0) is 19.3. The maximum atomic E-state index is 11.5. The highest BCUT2D eigenvalue weighted by molar-refractivity contribution is 5.77. The van der Waals surface area contributed by atoms with Crippen molar-refractivity contribution in [2.75, 3.05) is 0 Å². The molecule has 3 heteroatoms. The number of rotatable bonds is 8. The van der Waals surface area contributed by atoms with E-state index in [0.717, 1.165) is 35.3 Å². The molecule has 0 aliphatic carbocycles. The van der Waals surface area contributed by atoms with E-state index in [4.69, 9.17) is 4.74 Å². The van der Waals surface area contributed by atoms with Gasteiger partial charge >= 0.3 is 0 Å². The molecule has 26 heavy (non-hydrogen) atoms. The summed E-state index contributed by atoms with van der Waals surface area (Å²) in [6.45, 7) is 14.2. The fourth-order valence-corrected chi connectivity index (χ4v) is 3.35. The minimum absolute atomic E-state index is 0.400. The van der Waals surface area contributed by atoms with Gasteiger partial charge in [-0.05, 0) is 58.2 Å². The van der Waals surface area contributed by atoms with Crippen LogP contribution in [-0.2, 0) is 13.2 Å². The lowest BCUT2D eigenvalue weighted by Crippen LogP contribution is -2.36. The van der Waals surface area contributed by atoms with Crippen LogP contribution in [0.1, 0.15) is 60.3 Å². The van der Waals surface area contributed by atoms with Crippen molar-refractivity contribution < 1.29 is 9.53 Å². The van der Waals surface area contributed by atoms with Crippen LogP contribution in [0.2, 0.25) is 0 Å². The average molecular weight is 354 g/mol. The maximum absolute atomic E-state index is 11.5. The molecular weight excluding hydrogens is 322 g/mol. The van der Waals surface area contributed by atoms with Crippen LogP contribution in [0.3, 0.4) is 0 Å². The van der Waals surface area contributed by atoms with Crippen LogP contribution < -0.4 is 4.74 Å². The lowest BCUT2D eigenvalue weighted by Gasteiger charge is -2.30. The van der Waals surface area contributed by atoms with Crippen molar-refractivity contribution in [1.29, 1.82) is 0 Å². The topological polar surface area (TPSA) is 29.5 Å². The van der Waals surface area contributed by atoms with Crippen LogP contribution in [0, 0.1) is 13.8 Å². The van der Waals surface area contributed by atoms with E-state index in [1.165, 1.54) is 5.56 Å². The molecule has 0 fully saturated rings. The molecule has 0 radical (unpaired) electrons. The third-order valence-electron chi connectivity index (χ3n) is 4.81. The van der Waals surface area contributed by atoms with Crippen molar-refractivity contribution in [1.82, 2.24) is 4.90 Å². The van der Waals surface area contributed by atoms with E-state index in [1.54, 1.807) is 0 Å². The van der Waals surface area contributed by atoms with E-state index in [1.807, 2.05) is 44.2 Å². The Morgan fingerprint density at radius 2 is 1.62 bits per heavy atom. The van der Waals surface area contributed by atoms with Crippen LogP contribution in [-0.4, -0.2) is 23.3 Å². The smallest absolute Gasteiger partial charge is 0.150 e. The Labute approximate surface area is 158 Å². The summed E-state index contributed by atoms with van der Waals surface area (Å²) in [4.78, 5) is 13.9. The van der Waals surface area contributed by atoms with Crippen LogP contribution in [0.4, 0.5) is 0 Å². The summed E-state index contributed by atoms with van der Waals surface area (Å²) in [7, 11) is 0. The highest BCUT2D eigenvalue weighted by atomic mass is 16.5. The molecule has 3 nitrogen and oxygen atoms in total. The van der Waals surface area contributed by atoms with Gasteiger partial charge in [0.1, 0.15) is 18.6 Å². The summed E-state index contributed by atoms with van der Waals surface area (Å²) in [5.74, 6) is 0.903. The van der Waals surface area contributed by atoms with Crippen LogP contribution in [0.15, 0.2) is 36.4 Å². The predicted molar refractivity (Wildman–Crippen MR) is 108 cm³/mol. The summed E-state index contributed by atoms with van der Waals surface area (Å²) in [6, 6.07) is 13.1. The number of aldehydes is 1. The summed E-state index contributed by atoms with van der Waals surface area (Å²) in [6.07, 6.45) is 0.913. The third-order valence-corrected chi connectivity index (χ3v) is 4.81. The largest absolute Gasteiger partial charge is 0.488 e. The lowest BCUT2D eigenvalue weighted by atomic mass is 10.0. The quantitative estimate of drug-likeness (QED) is 0.602. The highest BCUT2D eigenvalue weighted by Crippen LogP contribution is 2.24. The molecule has 0 spiro atoms. The number of hydrogen-bond acceptors (Lipinski definition) is 3. The number of hydrogen-bond donors (Lipinski definition) is 0. The standard InChI is InChI=1S/C23H31NO2/c1-16(2)24(17(3)4)13-20-10-11-21(14-25)22(12-20)15-26-23-18(5)8-7-9-19(23)6/h7-12,14,16-17H,13,15H2,1-6H3. The first kappa shape index (κ1) is 20.2. The second-order valence-corrected chi connectivity index (χ2v) is 7.52. The molecule has 0 unspecified atom stereocenters. The first-order chi connectivity index (χ1) is 12.3. The van der Waals surface area contributed by atoms with Gasteiger partial charge in [-0.2, -0.15) is 0 Å². The molecule has 0 saturated heterocycles. The van der Waals surface area contributed by atoms with Gasteiger partial charge in [0.05, 0.1) is 0 Å². The van der Waals surface area contributed by atoms with Crippen molar-refractivity contribution in [2.45, 2.75) is 66.8 Å². The highest BCUT2D eigenvalue weighted by Gasteiger charge is 2.15. The van der Waals surface area contributed by atoms with Crippen molar-refractivity contribution in [2.24, 2.45) is 0 Å². The zero-order valence-electron chi connectivity index (χ0n) is 16.9. The molecule has 0 aromatic heterocycles. The lowest BCUT2D eigenvalue weighted by molar-refractivity contribution is 0.112. The average Bonchev–Trinajstić information content (AvgIpc) is 2.58. The number of nitrogens with zero attached hydrogens (tertiary/aromatic N) is 1. The first-order valence-corrected chi connectivity index (χ1v) is 9.35. The minimum Gasteiger partial charge on any atom is -0.488 e. The predicted octanol–water partition coefficient (Wildman–Crippen LogP) is 5.31. The molecule has 0 N–H and O–H groups in total. The van der Waals surface area contributed by atoms with Gasteiger partial charge in [-0.25, -0.2) is 0 Å². The monoisotopic (exact) mass is 353 g/mol.